The summed E-state index contributed by atoms with van der Waals surface area (Å²) >= 11 is 0. The van der Waals surface area contributed by atoms with Crippen LogP contribution < -0.4 is 0 Å². The summed E-state index contributed by atoms with van der Waals surface area (Å²) in [5, 5.41) is 0. The van der Waals surface area contributed by atoms with Gasteiger partial charge in [-0.3, -0.25) is 0 Å². The molecular formula is C21H37Y+2. The first-order chi connectivity index (χ1) is 10.3. The first-order valence-electron chi connectivity index (χ1n) is 10.1. The summed E-state index contributed by atoms with van der Waals surface area (Å²) in [7, 11) is 0. The van der Waals surface area contributed by atoms with Gasteiger partial charge in [-0.1, -0.05) is 51.9 Å². The summed E-state index contributed by atoms with van der Waals surface area (Å²) < 4.78 is 0. The maximum atomic E-state index is 4.26. The third kappa shape index (κ3) is 5.05. The van der Waals surface area contributed by atoms with E-state index in [4.69, 9.17) is 0 Å². The molecule has 22 heavy (non-hydrogen) atoms. The smallest absolute Gasteiger partial charge is 0.340 e. The Morgan fingerprint density at radius 2 is 0.909 bits per heavy atom. The first-order valence-corrected chi connectivity index (χ1v) is 10.1. The zero-order valence-corrected chi connectivity index (χ0v) is 17.8. The molecule has 122 valence electrons. The van der Waals surface area contributed by atoms with Gasteiger partial charge in [-0.05, 0) is 68.1 Å². The Kier molecular flexibility index (Phi) is 8.44. The van der Waals surface area contributed by atoms with Crippen molar-refractivity contribution in [1.82, 2.24) is 0 Å². The van der Waals surface area contributed by atoms with Crippen LogP contribution in [0.25, 0.3) is 0 Å². The Morgan fingerprint density at radius 1 is 0.591 bits per heavy atom. The van der Waals surface area contributed by atoms with Crippen LogP contribution in [0.1, 0.15) is 90.4 Å². The minimum Gasteiger partial charge on any atom is -0.340 e. The molecule has 0 aromatic heterocycles. The van der Waals surface area contributed by atoms with Gasteiger partial charge in [0.05, 0.1) is 0 Å². The van der Waals surface area contributed by atoms with Gasteiger partial charge in [-0.2, -0.15) is 5.92 Å². The molecule has 0 amide bonds. The summed E-state index contributed by atoms with van der Waals surface area (Å²) in [5.74, 6) is 6.19. The number of hydrogen-bond donors (Lipinski definition) is 0. The van der Waals surface area contributed by atoms with Gasteiger partial charge < -0.3 is 6.92 Å². The van der Waals surface area contributed by atoms with E-state index in [1.165, 1.54) is 44.9 Å². The van der Waals surface area contributed by atoms with E-state index in [1.54, 1.807) is 38.5 Å². The molecule has 0 radical (unpaired) electrons. The zero-order chi connectivity index (χ0) is 14.7. The number of hydrogen-bond acceptors (Lipinski definition) is 0. The molecule has 0 heterocycles. The third-order valence-corrected chi connectivity index (χ3v) is 7.51. The van der Waals surface area contributed by atoms with Crippen molar-refractivity contribution >= 4 is 0 Å². The molecule has 3 saturated carbocycles. The van der Waals surface area contributed by atoms with Crippen LogP contribution in [0.4, 0.5) is 0 Å². The summed E-state index contributed by atoms with van der Waals surface area (Å²) in [6.45, 7) is 6.65. The van der Waals surface area contributed by atoms with Gasteiger partial charge >= 0.3 is 32.7 Å². The number of rotatable bonds is 3. The molecule has 3 rings (SSSR count). The summed E-state index contributed by atoms with van der Waals surface area (Å²) in [6, 6.07) is 0. The Morgan fingerprint density at radius 3 is 1.27 bits per heavy atom. The molecule has 0 saturated heterocycles. The zero-order valence-electron chi connectivity index (χ0n) is 14.9. The van der Waals surface area contributed by atoms with Gasteiger partial charge in [0.15, 0.2) is 0 Å². The largest absolute Gasteiger partial charge is 3.00 e. The quantitative estimate of drug-likeness (QED) is 0.483. The topological polar surface area (TPSA) is 0 Å². The van der Waals surface area contributed by atoms with Crippen molar-refractivity contribution in [1.29, 1.82) is 0 Å². The van der Waals surface area contributed by atoms with Crippen molar-refractivity contribution in [2.45, 2.75) is 90.4 Å². The predicted molar refractivity (Wildman–Crippen MR) is 92.0 cm³/mol. The fourth-order valence-corrected chi connectivity index (χ4v) is 5.82. The third-order valence-electron chi connectivity index (χ3n) is 7.51. The molecule has 0 nitrogen and oxygen atoms in total. The molecule has 0 aliphatic heterocycles. The minimum absolute atomic E-state index is 0. The van der Waals surface area contributed by atoms with Crippen LogP contribution in [0, 0.1) is 42.4 Å². The average Bonchev–Trinajstić information content (AvgIpc) is 2.56. The molecule has 0 bridgehead atoms. The van der Waals surface area contributed by atoms with Crippen LogP contribution >= 0.6 is 0 Å². The molecule has 3 aliphatic carbocycles. The van der Waals surface area contributed by atoms with Crippen LogP contribution in [-0.2, 0) is 32.7 Å². The predicted octanol–water partition coefficient (Wildman–Crippen LogP) is 6.65. The van der Waals surface area contributed by atoms with Crippen molar-refractivity contribution < 1.29 is 32.7 Å². The van der Waals surface area contributed by atoms with E-state index in [0.29, 0.717) is 0 Å². The molecular weight excluding hydrogens is 341 g/mol. The maximum Gasteiger partial charge on any atom is 3.00 e. The monoisotopic (exact) mass is 378 g/mol. The first kappa shape index (κ1) is 19.4. The normalized spacial score (nSPS) is 43.4. The van der Waals surface area contributed by atoms with E-state index >= 15 is 0 Å². The Balaban J connectivity index is 0.00000176. The molecule has 3 fully saturated rings. The maximum absolute atomic E-state index is 4.26. The Bertz CT molecular complexity index is 289. The standard InChI is InChI=1S/C21H37.Y/c1-3-17-6-10-19(11-7-17)21-14-12-20(13-15-21)18-8-4-16(2)5-9-18;/h16-21H,2-15H2,1H3;/q-1;+3. The van der Waals surface area contributed by atoms with Crippen LogP contribution in [0.3, 0.4) is 0 Å². The molecule has 1 heteroatoms. The Hall–Kier alpha value is 1.10. The summed E-state index contributed by atoms with van der Waals surface area (Å²) in [5.41, 5.74) is 0. The van der Waals surface area contributed by atoms with E-state index in [2.05, 4.69) is 13.8 Å². The second kappa shape index (κ2) is 9.55. The van der Waals surface area contributed by atoms with Crippen molar-refractivity contribution in [3.8, 4) is 0 Å². The second-order valence-electron chi connectivity index (χ2n) is 8.64. The molecule has 0 aromatic carbocycles. The van der Waals surface area contributed by atoms with Gasteiger partial charge in [0.1, 0.15) is 0 Å². The molecule has 0 atom stereocenters. The van der Waals surface area contributed by atoms with Crippen molar-refractivity contribution in [3.05, 3.63) is 6.92 Å². The summed E-state index contributed by atoms with van der Waals surface area (Å²) in [4.78, 5) is 0. The summed E-state index contributed by atoms with van der Waals surface area (Å²) in [6.07, 6.45) is 19.7. The van der Waals surface area contributed by atoms with E-state index in [9.17, 15) is 0 Å². The van der Waals surface area contributed by atoms with Crippen LogP contribution in [0.2, 0.25) is 0 Å². The van der Waals surface area contributed by atoms with Gasteiger partial charge in [-0.15, -0.1) is 0 Å². The van der Waals surface area contributed by atoms with E-state index < -0.39 is 0 Å². The van der Waals surface area contributed by atoms with E-state index in [-0.39, 0.29) is 32.7 Å². The fourth-order valence-electron chi connectivity index (χ4n) is 5.82. The average molecular weight is 378 g/mol. The second-order valence-corrected chi connectivity index (χ2v) is 8.64. The van der Waals surface area contributed by atoms with Gasteiger partial charge in [-0.25, -0.2) is 0 Å². The van der Waals surface area contributed by atoms with E-state index in [0.717, 1.165) is 35.5 Å². The van der Waals surface area contributed by atoms with Crippen molar-refractivity contribution in [2.75, 3.05) is 0 Å². The SMILES string of the molecule is [CH2-]C1CCC(C2CCC(C3CCC(CC)CC3)CC2)CC1.[Y+3]. The minimum atomic E-state index is 0. The van der Waals surface area contributed by atoms with Crippen LogP contribution in [0.5, 0.6) is 0 Å². The van der Waals surface area contributed by atoms with Gasteiger partial charge in [0.2, 0.25) is 0 Å². The molecule has 0 N–H and O–H groups in total. The van der Waals surface area contributed by atoms with Crippen molar-refractivity contribution in [2.24, 2.45) is 35.5 Å². The van der Waals surface area contributed by atoms with Gasteiger partial charge in [0, 0.05) is 0 Å². The van der Waals surface area contributed by atoms with E-state index in [1.807, 2.05) is 0 Å². The molecule has 0 unspecified atom stereocenters. The van der Waals surface area contributed by atoms with Crippen molar-refractivity contribution in [3.63, 3.8) is 0 Å². The fraction of sp³-hybridized carbons (Fsp3) is 0.952. The van der Waals surface area contributed by atoms with Crippen LogP contribution in [0.15, 0.2) is 0 Å². The van der Waals surface area contributed by atoms with Gasteiger partial charge in [0.25, 0.3) is 0 Å². The molecule has 3 aliphatic rings. The van der Waals surface area contributed by atoms with Crippen LogP contribution in [-0.4, -0.2) is 0 Å². The Labute approximate surface area is 164 Å². The molecule has 0 spiro atoms. The molecule has 0 aromatic rings.